The minimum atomic E-state index is -0.246. The van der Waals surface area contributed by atoms with Crippen LogP contribution in [0.25, 0.3) is 6.08 Å². The van der Waals surface area contributed by atoms with Crippen molar-refractivity contribution in [3.63, 3.8) is 0 Å². The number of amides is 1. The van der Waals surface area contributed by atoms with Gasteiger partial charge in [0.15, 0.2) is 18.1 Å². The van der Waals surface area contributed by atoms with Crippen molar-refractivity contribution in [1.82, 2.24) is 9.78 Å². The molecule has 1 atom stereocenters. The topological polar surface area (TPSA) is 65.4 Å². The molecule has 0 bridgehead atoms. The Morgan fingerprint density at radius 1 is 1.36 bits per heavy atom. The Morgan fingerprint density at radius 2 is 2.16 bits per heavy atom. The van der Waals surface area contributed by atoms with Crippen molar-refractivity contribution < 1.29 is 14.3 Å². The van der Waals surface area contributed by atoms with E-state index in [0.717, 1.165) is 12.0 Å². The number of rotatable bonds is 8. The molecule has 6 nitrogen and oxygen atoms in total. The van der Waals surface area contributed by atoms with Gasteiger partial charge >= 0.3 is 0 Å². The molecule has 134 valence electrons. The highest BCUT2D eigenvalue weighted by molar-refractivity contribution is 5.91. The maximum Gasteiger partial charge on any atom is 0.263 e. The van der Waals surface area contributed by atoms with Crippen LogP contribution < -0.4 is 14.8 Å². The summed E-state index contributed by atoms with van der Waals surface area (Å²) < 4.78 is 12.7. The second-order valence-electron chi connectivity index (χ2n) is 5.67. The lowest BCUT2D eigenvalue weighted by atomic mass is 10.2. The summed E-state index contributed by atoms with van der Waals surface area (Å²) in [5.41, 5.74) is 1.01. The maximum absolute atomic E-state index is 12.2. The monoisotopic (exact) mass is 343 g/mol. The fourth-order valence-electron chi connectivity index (χ4n) is 2.36. The summed E-state index contributed by atoms with van der Waals surface area (Å²) in [6, 6.07) is 7.56. The van der Waals surface area contributed by atoms with Gasteiger partial charge in [0.05, 0.1) is 19.3 Å². The van der Waals surface area contributed by atoms with Gasteiger partial charge in [0, 0.05) is 6.07 Å². The molecule has 2 rings (SSSR count). The first-order valence-corrected chi connectivity index (χ1v) is 8.35. The summed E-state index contributed by atoms with van der Waals surface area (Å²) >= 11 is 0. The molecule has 0 fully saturated rings. The van der Waals surface area contributed by atoms with Gasteiger partial charge in [-0.15, -0.1) is 0 Å². The van der Waals surface area contributed by atoms with E-state index in [1.165, 1.54) is 0 Å². The molecule has 0 aliphatic heterocycles. The van der Waals surface area contributed by atoms with E-state index >= 15 is 0 Å². The molecule has 1 aromatic carbocycles. The number of ether oxygens (including phenoxy) is 2. The Kier molecular flexibility index (Phi) is 6.62. The number of aromatic nitrogens is 2. The molecule has 1 unspecified atom stereocenters. The van der Waals surface area contributed by atoms with E-state index in [4.69, 9.17) is 9.47 Å². The van der Waals surface area contributed by atoms with Crippen molar-refractivity contribution in [2.75, 3.05) is 19.0 Å². The zero-order valence-corrected chi connectivity index (χ0v) is 15.2. The molecule has 0 aliphatic rings. The SMILES string of the molecule is CC=Cc1ccc(OCC(=O)Nc2ccnn2C(C)CC)c(OC)c1. The van der Waals surface area contributed by atoms with Crippen LogP contribution in [-0.4, -0.2) is 29.4 Å². The summed E-state index contributed by atoms with van der Waals surface area (Å²) in [4.78, 5) is 12.2. The van der Waals surface area contributed by atoms with Gasteiger partial charge in [-0.1, -0.05) is 25.1 Å². The first-order chi connectivity index (χ1) is 12.1. The van der Waals surface area contributed by atoms with Crippen LogP contribution in [0.4, 0.5) is 5.82 Å². The maximum atomic E-state index is 12.2. The van der Waals surface area contributed by atoms with E-state index in [-0.39, 0.29) is 18.6 Å². The Labute approximate surface area is 148 Å². The number of methoxy groups -OCH3 is 1. The highest BCUT2D eigenvalue weighted by Gasteiger charge is 2.13. The lowest BCUT2D eigenvalue weighted by molar-refractivity contribution is -0.118. The van der Waals surface area contributed by atoms with Crippen LogP contribution in [0.2, 0.25) is 0 Å². The van der Waals surface area contributed by atoms with Gasteiger partial charge < -0.3 is 14.8 Å². The van der Waals surface area contributed by atoms with Gasteiger partial charge in [-0.2, -0.15) is 5.10 Å². The van der Waals surface area contributed by atoms with E-state index in [2.05, 4.69) is 24.3 Å². The number of benzene rings is 1. The summed E-state index contributed by atoms with van der Waals surface area (Å²) in [6.45, 7) is 5.97. The number of allylic oxidation sites excluding steroid dienone is 1. The van der Waals surface area contributed by atoms with Crippen LogP contribution in [0.1, 0.15) is 38.8 Å². The second-order valence-corrected chi connectivity index (χ2v) is 5.67. The number of nitrogens with zero attached hydrogens (tertiary/aromatic N) is 2. The molecule has 0 saturated carbocycles. The lowest BCUT2D eigenvalue weighted by Gasteiger charge is -2.15. The highest BCUT2D eigenvalue weighted by Crippen LogP contribution is 2.28. The molecule has 6 heteroatoms. The summed E-state index contributed by atoms with van der Waals surface area (Å²) in [5, 5.41) is 7.08. The Bertz CT molecular complexity index is 737. The van der Waals surface area contributed by atoms with Crippen LogP contribution in [0, 0.1) is 0 Å². The fraction of sp³-hybridized carbons (Fsp3) is 0.368. The van der Waals surface area contributed by atoms with Crippen LogP contribution in [0.5, 0.6) is 11.5 Å². The Hall–Kier alpha value is -2.76. The minimum absolute atomic E-state index is 0.106. The predicted molar refractivity (Wildman–Crippen MR) is 99.1 cm³/mol. The largest absolute Gasteiger partial charge is 0.493 e. The number of hydrogen-bond donors (Lipinski definition) is 1. The van der Waals surface area contributed by atoms with E-state index in [1.54, 1.807) is 30.1 Å². The predicted octanol–water partition coefficient (Wildman–Crippen LogP) is 3.91. The highest BCUT2D eigenvalue weighted by atomic mass is 16.5. The molecular weight excluding hydrogens is 318 g/mol. The Balaban J connectivity index is 2.00. The van der Waals surface area contributed by atoms with E-state index in [1.807, 2.05) is 31.2 Å². The number of hydrogen-bond acceptors (Lipinski definition) is 4. The first kappa shape index (κ1) is 18.6. The van der Waals surface area contributed by atoms with Crippen molar-refractivity contribution in [3.05, 3.63) is 42.1 Å². The van der Waals surface area contributed by atoms with Crippen molar-refractivity contribution >= 4 is 17.8 Å². The van der Waals surface area contributed by atoms with Gasteiger partial charge in [-0.25, -0.2) is 4.68 Å². The molecule has 0 saturated heterocycles. The fourth-order valence-corrected chi connectivity index (χ4v) is 2.36. The normalized spacial score (nSPS) is 12.2. The lowest BCUT2D eigenvalue weighted by Crippen LogP contribution is -2.23. The molecule has 1 aromatic heterocycles. The number of carbonyl (C=O) groups is 1. The van der Waals surface area contributed by atoms with Gasteiger partial charge in [0.25, 0.3) is 5.91 Å². The first-order valence-electron chi connectivity index (χ1n) is 8.35. The van der Waals surface area contributed by atoms with Gasteiger partial charge in [-0.05, 0) is 38.0 Å². The summed E-state index contributed by atoms with van der Waals surface area (Å²) in [5.74, 6) is 1.54. The van der Waals surface area contributed by atoms with Gasteiger partial charge in [0.1, 0.15) is 5.82 Å². The molecular formula is C19H25N3O3. The van der Waals surface area contributed by atoms with Crippen molar-refractivity contribution in [2.24, 2.45) is 0 Å². The van der Waals surface area contributed by atoms with Crippen molar-refractivity contribution in [3.8, 4) is 11.5 Å². The van der Waals surface area contributed by atoms with E-state index in [9.17, 15) is 4.79 Å². The molecule has 25 heavy (non-hydrogen) atoms. The molecule has 1 heterocycles. The third-order valence-electron chi connectivity index (χ3n) is 3.85. The van der Waals surface area contributed by atoms with Gasteiger partial charge in [-0.3, -0.25) is 4.79 Å². The van der Waals surface area contributed by atoms with Crippen LogP contribution >= 0.6 is 0 Å². The molecule has 0 radical (unpaired) electrons. The number of nitrogens with one attached hydrogen (secondary N) is 1. The summed E-state index contributed by atoms with van der Waals surface area (Å²) in [6.07, 6.45) is 6.51. The molecule has 2 aromatic rings. The molecule has 0 aliphatic carbocycles. The standard InChI is InChI=1S/C19H25N3O3/c1-5-7-15-8-9-16(17(12-15)24-4)25-13-19(23)21-18-10-11-20-22(18)14(3)6-2/h5,7-12,14H,6,13H2,1-4H3,(H,21,23). The minimum Gasteiger partial charge on any atom is -0.493 e. The average molecular weight is 343 g/mol. The molecule has 0 spiro atoms. The smallest absolute Gasteiger partial charge is 0.263 e. The van der Waals surface area contributed by atoms with E-state index < -0.39 is 0 Å². The van der Waals surface area contributed by atoms with Crippen LogP contribution in [0.3, 0.4) is 0 Å². The van der Waals surface area contributed by atoms with Crippen molar-refractivity contribution in [1.29, 1.82) is 0 Å². The molecule has 1 N–H and O–H groups in total. The number of carbonyl (C=O) groups excluding carboxylic acids is 1. The third kappa shape index (κ3) is 4.86. The zero-order chi connectivity index (χ0) is 18.2. The quantitative estimate of drug-likeness (QED) is 0.789. The second kappa shape index (κ2) is 8.92. The van der Waals surface area contributed by atoms with Crippen LogP contribution in [0.15, 0.2) is 36.5 Å². The van der Waals surface area contributed by atoms with Crippen LogP contribution in [-0.2, 0) is 4.79 Å². The van der Waals surface area contributed by atoms with Gasteiger partial charge in [0.2, 0.25) is 0 Å². The zero-order valence-electron chi connectivity index (χ0n) is 15.2. The molecule has 1 amide bonds. The third-order valence-corrected chi connectivity index (χ3v) is 3.85. The average Bonchev–Trinajstić information content (AvgIpc) is 3.08. The Morgan fingerprint density at radius 3 is 2.84 bits per heavy atom. The van der Waals surface area contributed by atoms with Crippen molar-refractivity contribution in [2.45, 2.75) is 33.2 Å². The summed E-state index contributed by atoms with van der Waals surface area (Å²) in [7, 11) is 1.58. The number of anilines is 1. The van der Waals surface area contributed by atoms with E-state index in [0.29, 0.717) is 17.3 Å².